The third-order valence-corrected chi connectivity index (χ3v) is 5.00. The molecular weight excluding hydrogens is 407 g/mol. The van der Waals surface area contributed by atoms with Gasteiger partial charge in [-0.2, -0.15) is 0 Å². The van der Waals surface area contributed by atoms with Crippen molar-refractivity contribution in [3.63, 3.8) is 0 Å². The maximum Gasteiger partial charge on any atom is 0.257 e. The Morgan fingerprint density at radius 1 is 1.40 bits per heavy atom. The van der Waals surface area contributed by atoms with Gasteiger partial charge in [0.25, 0.3) is 5.91 Å². The minimum absolute atomic E-state index is 0.0222. The number of rotatable bonds is 2. The van der Waals surface area contributed by atoms with E-state index in [4.69, 9.17) is 11.6 Å². The maximum atomic E-state index is 12.1. The Morgan fingerprint density at radius 3 is 2.65 bits per heavy atom. The number of halogens is 2. The van der Waals surface area contributed by atoms with E-state index in [2.05, 4.69) is 53.7 Å². The highest BCUT2D eigenvalue weighted by Gasteiger charge is 2.18. The summed E-state index contributed by atoms with van der Waals surface area (Å²) in [7, 11) is 0. The number of carbonyl (C=O) groups excluding carboxylic acids is 1. The fourth-order valence-electron chi connectivity index (χ4n) is 1.48. The fraction of sp³-hybridized carbons (Fsp3) is 0.286. The first-order valence-corrected chi connectivity index (χ1v) is 8.33. The molecule has 0 saturated carbocycles. The van der Waals surface area contributed by atoms with Crippen LogP contribution in [0.4, 0.5) is 5.13 Å². The van der Waals surface area contributed by atoms with Crippen molar-refractivity contribution in [2.24, 2.45) is 0 Å². The van der Waals surface area contributed by atoms with E-state index in [1.54, 1.807) is 12.1 Å². The lowest BCUT2D eigenvalue weighted by molar-refractivity contribution is 0.102. The zero-order chi connectivity index (χ0) is 14.9. The maximum absolute atomic E-state index is 12.1. The van der Waals surface area contributed by atoms with Crippen LogP contribution in [0.5, 0.6) is 0 Å². The van der Waals surface area contributed by atoms with Crippen molar-refractivity contribution in [3.05, 3.63) is 43.4 Å². The molecule has 0 spiro atoms. The van der Waals surface area contributed by atoms with E-state index in [1.807, 2.05) is 11.4 Å². The van der Waals surface area contributed by atoms with Crippen LogP contribution in [0.25, 0.3) is 0 Å². The number of benzene rings is 1. The number of aromatic nitrogens is 1. The summed E-state index contributed by atoms with van der Waals surface area (Å²) >= 11 is 9.58. The second-order valence-corrected chi connectivity index (χ2v) is 7.80. The first-order chi connectivity index (χ1) is 9.27. The molecule has 0 aliphatic rings. The number of hydrogen-bond donors (Lipinski definition) is 1. The predicted octanol–water partition coefficient (Wildman–Crippen LogP) is 4.95. The van der Waals surface area contributed by atoms with Gasteiger partial charge in [-0.1, -0.05) is 32.4 Å². The van der Waals surface area contributed by atoms with Crippen LogP contribution in [-0.2, 0) is 5.41 Å². The summed E-state index contributed by atoms with van der Waals surface area (Å²) in [6.07, 6.45) is 0. The zero-order valence-corrected chi connectivity index (χ0v) is 15.1. The van der Waals surface area contributed by atoms with Crippen molar-refractivity contribution >= 4 is 56.6 Å². The number of hydrogen-bond acceptors (Lipinski definition) is 3. The Morgan fingerprint density at radius 2 is 2.10 bits per heavy atom. The molecule has 0 radical (unpaired) electrons. The molecule has 20 heavy (non-hydrogen) atoms. The van der Waals surface area contributed by atoms with Crippen LogP contribution in [-0.4, -0.2) is 10.9 Å². The van der Waals surface area contributed by atoms with E-state index in [0.717, 1.165) is 9.26 Å². The third-order valence-electron chi connectivity index (χ3n) is 2.67. The molecule has 0 atom stereocenters. The van der Waals surface area contributed by atoms with Gasteiger partial charge in [-0.3, -0.25) is 10.1 Å². The monoisotopic (exact) mass is 420 g/mol. The number of amides is 1. The van der Waals surface area contributed by atoms with Crippen LogP contribution in [0.1, 0.15) is 36.8 Å². The highest BCUT2D eigenvalue weighted by atomic mass is 127. The molecule has 3 nitrogen and oxygen atoms in total. The van der Waals surface area contributed by atoms with E-state index in [1.165, 1.54) is 11.3 Å². The van der Waals surface area contributed by atoms with Crippen LogP contribution >= 0.6 is 45.5 Å². The number of thiazole rings is 1. The molecule has 106 valence electrons. The molecule has 0 fully saturated rings. The molecule has 6 heteroatoms. The first-order valence-electron chi connectivity index (χ1n) is 6.00. The second-order valence-electron chi connectivity index (χ2n) is 5.37. The van der Waals surface area contributed by atoms with Gasteiger partial charge in [0.15, 0.2) is 5.13 Å². The lowest BCUT2D eigenvalue weighted by Crippen LogP contribution is -2.14. The van der Waals surface area contributed by atoms with Gasteiger partial charge in [-0.05, 0) is 40.8 Å². The van der Waals surface area contributed by atoms with Gasteiger partial charge in [0.05, 0.1) is 10.7 Å². The van der Waals surface area contributed by atoms with E-state index in [-0.39, 0.29) is 11.3 Å². The molecule has 1 amide bonds. The van der Waals surface area contributed by atoms with Crippen LogP contribution in [0, 0.1) is 3.57 Å². The molecule has 2 aromatic rings. The molecular formula is C14H14ClIN2OS. The Bertz CT molecular complexity index is 649. The number of nitrogens with zero attached hydrogens (tertiary/aromatic N) is 1. The van der Waals surface area contributed by atoms with Gasteiger partial charge in [-0.15, -0.1) is 11.3 Å². The minimum atomic E-state index is -0.196. The van der Waals surface area contributed by atoms with Gasteiger partial charge in [0.1, 0.15) is 0 Å². The number of nitrogens with one attached hydrogen (secondary N) is 1. The average molecular weight is 421 g/mol. The van der Waals surface area contributed by atoms with Crippen LogP contribution in [0.3, 0.4) is 0 Å². The van der Waals surface area contributed by atoms with Gasteiger partial charge >= 0.3 is 0 Å². The lowest BCUT2D eigenvalue weighted by atomic mass is 9.93. The molecule has 1 aromatic carbocycles. The lowest BCUT2D eigenvalue weighted by Gasteiger charge is -2.14. The Kier molecular flexibility index (Phi) is 4.71. The van der Waals surface area contributed by atoms with Gasteiger partial charge in [-0.25, -0.2) is 4.98 Å². The van der Waals surface area contributed by atoms with Crippen LogP contribution in [0.15, 0.2) is 23.6 Å². The first kappa shape index (κ1) is 15.7. The van der Waals surface area contributed by atoms with Crippen LogP contribution < -0.4 is 5.32 Å². The largest absolute Gasteiger partial charge is 0.298 e. The van der Waals surface area contributed by atoms with E-state index in [9.17, 15) is 4.79 Å². The van der Waals surface area contributed by atoms with Crippen LogP contribution in [0.2, 0.25) is 5.02 Å². The highest BCUT2D eigenvalue weighted by Crippen LogP contribution is 2.27. The van der Waals surface area contributed by atoms with Crippen molar-refractivity contribution in [1.82, 2.24) is 4.98 Å². The summed E-state index contributed by atoms with van der Waals surface area (Å²) < 4.78 is 0.921. The second kappa shape index (κ2) is 5.99. The number of carbonyl (C=O) groups is 1. The molecule has 0 unspecified atom stereocenters. The molecule has 0 saturated heterocycles. The van der Waals surface area contributed by atoms with Crippen molar-refractivity contribution < 1.29 is 4.79 Å². The Labute approximate surface area is 140 Å². The zero-order valence-electron chi connectivity index (χ0n) is 11.3. The molecule has 0 aliphatic heterocycles. The van der Waals surface area contributed by atoms with Crippen molar-refractivity contribution in [2.75, 3.05) is 5.32 Å². The van der Waals surface area contributed by atoms with E-state index in [0.29, 0.717) is 15.7 Å². The smallest absolute Gasteiger partial charge is 0.257 e. The quantitative estimate of drug-likeness (QED) is 0.698. The average Bonchev–Trinajstić information content (AvgIpc) is 2.81. The molecule has 2 rings (SSSR count). The van der Waals surface area contributed by atoms with Crippen molar-refractivity contribution in [2.45, 2.75) is 26.2 Å². The normalized spacial score (nSPS) is 11.4. The summed E-state index contributed by atoms with van der Waals surface area (Å²) in [5.74, 6) is -0.196. The van der Waals surface area contributed by atoms with Gasteiger partial charge in [0, 0.05) is 19.9 Å². The predicted molar refractivity (Wildman–Crippen MR) is 92.9 cm³/mol. The molecule has 1 aromatic heterocycles. The Hall–Kier alpha value is -0.660. The highest BCUT2D eigenvalue weighted by molar-refractivity contribution is 14.1. The van der Waals surface area contributed by atoms with Gasteiger partial charge < -0.3 is 0 Å². The summed E-state index contributed by atoms with van der Waals surface area (Å²) in [5.41, 5.74) is 1.48. The fourth-order valence-corrected chi connectivity index (χ4v) is 2.93. The SMILES string of the molecule is CC(C)(C)c1csc(NC(=O)c2ccc(I)c(Cl)c2)n1. The topological polar surface area (TPSA) is 42.0 Å². The standard InChI is InChI=1S/C14H14ClIN2OS/c1-14(2,3)11-7-20-13(17-11)18-12(19)8-4-5-10(16)9(15)6-8/h4-7H,1-3H3,(H,17,18,19). The molecule has 1 N–H and O–H groups in total. The molecule has 0 aliphatic carbocycles. The summed E-state index contributed by atoms with van der Waals surface area (Å²) in [6, 6.07) is 5.23. The number of anilines is 1. The summed E-state index contributed by atoms with van der Waals surface area (Å²) in [5, 5.41) is 5.96. The molecule has 1 heterocycles. The van der Waals surface area contributed by atoms with E-state index >= 15 is 0 Å². The third kappa shape index (κ3) is 3.71. The summed E-state index contributed by atoms with van der Waals surface area (Å²) in [6.45, 7) is 6.27. The Balaban J connectivity index is 2.15. The molecule has 0 bridgehead atoms. The van der Waals surface area contributed by atoms with E-state index < -0.39 is 0 Å². The minimum Gasteiger partial charge on any atom is -0.298 e. The van der Waals surface area contributed by atoms with Crippen molar-refractivity contribution in [1.29, 1.82) is 0 Å². The summed E-state index contributed by atoms with van der Waals surface area (Å²) in [4.78, 5) is 16.6. The van der Waals surface area contributed by atoms with Gasteiger partial charge in [0.2, 0.25) is 0 Å². The van der Waals surface area contributed by atoms with Crippen molar-refractivity contribution in [3.8, 4) is 0 Å².